The SMILES string of the molecule is C#CC(C)NC(=O)c1ccc(Br)cc1Br. The van der Waals surface area contributed by atoms with Gasteiger partial charge in [-0.3, -0.25) is 4.79 Å². The number of rotatable bonds is 2. The lowest BCUT2D eigenvalue weighted by Gasteiger charge is -2.09. The summed E-state index contributed by atoms with van der Waals surface area (Å²) in [6.07, 6.45) is 5.18. The Balaban J connectivity index is 2.88. The summed E-state index contributed by atoms with van der Waals surface area (Å²) in [6.45, 7) is 1.75. The molecule has 1 aromatic rings. The van der Waals surface area contributed by atoms with Crippen LogP contribution in [0.15, 0.2) is 27.1 Å². The van der Waals surface area contributed by atoms with Gasteiger partial charge in [0, 0.05) is 8.95 Å². The van der Waals surface area contributed by atoms with Gasteiger partial charge < -0.3 is 5.32 Å². The van der Waals surface area contributed by atoms with Crippen LogP contribution in [-0.4, -0.2) is 11.9 Å². The molecule has 78 valence electrons. The van der Waals surface area contributed by atoms with Crippen molar-refractivity contribution >= 4 is 37.8 Å². The van der Waals surface area contributed by atoms with Crippen molar-refractivity contribution in [3.8, 4) is 12.3 Å². The van der Waals surface area contributed by atoms with Gasteiger partial charge in [-0.05, 0) is 41.1 Å². The van der Waals surface area contributed by atoms with Crippen LogP contribution >= 0.6 is 31.9 Å². The van der Waals surface area contributed by atoms with E-state index >= 15 is 0 Å². The fourth-order valence-electron chi connectivity index (χ4n) is 0.990. The van der Waals surface area contributed by atoms with Crippen LogP contribution in [-0.2, 0) is 0 Å². The van der Waals surface area contributed by atoms with Crippen LogP contribution in [0.2, 0.25) is 0 Å². The van der Waals surface area contributed by atoms with Crippen LogP contribution in [0.5, 0.6) is 0 Å². The number of amides is 1. The van der Waals surface area contributed by atoms with Crippen molar-refractivity contribution in [2.24, 2.45) is 0 Å². The van der Waals surface area contributed by atoms with E-state index in [1.165, 1.54) is 0 Å². The van der Waals surface area contributed by atoms with Crippen LogP contribution in [0.25, 0.3) is 0 Å². The lowest BCUT2D eigenvalue weighted by Crippen LogP contribution is -2.31. The number of carbonyl (C=O) groups is 1. The third-order valence-corrected chi connectivity index (χ3v) is 2.92. The Morgan fingerprint density at radius 2 is 2.20 bits per heavy atom. The molecule has 0 bridgehead atoms. The van der Waals surface area contributed by atoms with E-state index in [0.29, 0.717) is 5.56 Å². The van der Waals surface area contributed by atoms with E-state index < -0.39 is 0 Å². The molecule has 0 spiro atoms. The Bertz CT molecular complexity index is 423. The maximum atomic E-state index is 11.7. The minimum atomic E-state index is -0.270. The first-order valence-electron chi connectivity index (χ1n) is 4.26. The summed E-state index contributed by atoms with van der Waals surface area (Å²) in [5.41, 5.74) is 0.570. The molecule has 0 saturated carbocycles. The molecule has 15 heavy (non-hydrogen) atoms. The highest BCUT2D eigenvalue weighted by molar-refractivity contribution is 9.11. The largest absolute Gasteiger partial charge is 0.339 e. The zero-order valence-electron chi connectivity index (χ0n) is 8.05. The molecule has 0 aliphatic carbocycles. The van der Waals surface area contributed by atoms with Gasteiger partial charge in [-0.2, -0.15) is 0 Å². The number of terminal acetylenes is 1. The second-order valence-electron chi connectivity index (χ2n) is 2.99. The lowest BCUT2D eigenvalue weighted by molar-refractivity contribution is 0.0947. The van der Waals surface area contributed by atoms with Crippen molar-refractivity contribution in [1.82, 2.24) is 5.32 Å². The second-order valence-corrected chi connectivity index (χ2v) is 4.76. The first-order chi connectivity index (χ1) is 7.04. The van der Waals surface area contributed by atoms with Crippen molar-refractivity contribution in [2.45, 2.75) is 13.0 Å². The molecule has 1 unspecified atom stereocenters. The second kappa shape index (κ2) is 5.34. The topological polar surface area (TPSA) is 29.1 Å². The zero-order valence-corrected chi connectivity index (χ0v) is 11.2. The Labute approximate surface area is 106 Å². The molecule has 0 radical (unpaired) electrons. The Hall–Kier alpha value is -0.790. The predicted molar refractivity (Wildman–Crippen MR) is 67.6 cm³/mol. The van der Waals surface area contributed by atoms with Crippen LogP contribution in [0.3, 0.4) is 0 Å². The van der Waals surface area contributed by atoms with Crippen LogP contribution in [0.4, 0.5) is 0 Å². The highest BCUT2D eigenvalue weighted by Crippen LogP contribution is 2.21. The molecule has 0 fully saturated rings. The lowest BCUT2D eigenvalue weighted by atomic mass is 10.2. The number of hydrogen-bond donors (Lipinski definition) is 1. The van der Waals surface area contributed by atoms with E-state index in [1.54, 1.807) is 19.1 Å². The van der Waals surface area contributed by atoms with E-state index in [0.717, 1.165) is 8.95 Å². The highest BCUT2D eigenvalue weighted by Gasteiger charge is 2.11. The van der Waals surface area contributed by atoms with E-state index in [4.69, 9.17) is 6.42 Å². The fourth-order valence-corrected chi connectivity index (χ4v) is 2.22. The molecule has 0 aliphatic heterocycles. The summed E-state index contributed by atoms with van der Waals surface area (Å²) < 4.78 is 1.65. The molecule has 1 amide bonds. The summed E-state index contributed by atoms with van der Waals surface area (Å²) in [7, 11) is 0. The van der Waals surface area contributed by atoms with Gasteiger partial charge in [0.1, 0.15) is 0 Å². The summed E-state index contributed by atoms with van der Waals surface area (Å²) >= 11 is 6.63. The smallest absolute Gasteiger partial charge is 0.253 e. The number of carbonyl (C=O) groups excluding carboxylic acids is 1. The summed E-state index contributed by atoms with van der Waals surface area (Å²) in [5.74, 6) is 2.26. The first kappa shape index (κ1) is 12.3. The van der Waals surface area contributed by atoms with Crippen LogP contribution < -0.4 is 5.32 Å². The first-order valence-corrected chi connectivity index (χ1v) is 5.85. The Kier molecular flexibility index (Phi) is 4.37. The van der Waals surface area contributed by atoms with Gasteiger partial charge in [0.2, 0.25) is 0 Å². The van der Waals surface area contributed by atoms with Crippen molar-refractivity contribution < 1.29 is 4.79 Å². The third kappa shape index (κ3) is 3.37. The molecule has 0 aliphatic rings. The minimum absolute atomic E-state index is 0.181. The molecule has 1 rings (SSSR count). The molecular weight excluding hydrogens is 322 g/mol. The summed E-state index contributed by atoms with van der Waals surface area (Å²) in [4.78, 5) is 11.7. The monoisotopic (exact) mass is 329 g/mol. The standard InChI is InChI=1S/C11H9Br2NO/c1-3-7(2)14-11(15)9-5-4-8(12)6-10(9)13/h1,4-7H,2H3,(H,14,15). The van der Waals surface area contributed by atoms with Gasteiger partial charge >= 0.3 is 0 Å². The third-order valence-electron chi connectivity index (χ3n) is 1.77. The van der Waals surface area contributed by atoms with Gasteiger partial charge in [-0.15, -0.1) is 6.42 Å². The number of halogens is 2. The molecule has 1 atom stereocenters. The average molecular weight is 331 g/mol. The van der Waals surface area contributed by atoms with E-state index in [-0.39, 0.29) is 11.9 Å². The van der Waals surface area contributed by atoms with E-state index in [9.17, 15) is 4.79 Å². The van der Waals surface area contributed by atoms with Crippen molar-refractivity contribution in [3.63, 3.8) is 0 Å². The fraction of sp³-hybridized carbons (Fsp3) is 0.182. The molecular formula is C11H9Br2NO. The normalized spacial score (nSPS) is 11.6. The van der Waals surface area contributed by atoms with Gasteiger partial charge in [0.25, 0.3) is 5.91 Å². The molecule has 2 nitrogen and oxygen atoms in total. The number of hydrogen-bond acceptors (Lipinski definition) is 1. The maximum absolute atomic E-state index is 11.7. The summed E-state index contributed by atoms with van der Waals surface area (Å²) in [5, 5.41) is 2.69. The molecule has 1 aromatic carbocycles. The molecule has 4 heteroatoms. The molecule has 1 N–H and O–H groups in total. The minimum Gasteiger partial charge on any atom is -0.339 e. The zero-order chi connectivity index (χ0) is 11.4. The molecule has 0 aromatic heterocycles. The van der Waals surface area contributed by atoms with Gasteiger partial charge in [-0.25, -0.2) is 0 Å². The van der Waals surface area contributed by atoms with Crippen molar-refractivity contribution in [3.05, 3.63) is 32.7 Å². The highest BCUT2D eigenvalue weighted by atomic mass is 79.9. The Morgan fingerprint density at radius 1 is 1.53 bits per heavy atom. The average Bonchev–Trinajstić information content (AvgIpc) is 2.17. The van der Waals surface area contributed by atoms with Crippen LogP contribution in [0, 0.1) is 12.3 Å². The van der Waals surface area contributed by atoms with Gasteiger partial charge in [-0.1, -0.05) is 21.9 Å². The Morgan fingerprint density at radius 3 is 2.73 bits per heavy atom. The predicted octanol–water partition coefficient (Wildman–Crippen LogP) is 2.96. The quantitative estimate of drug-likeness (QED) is 0.830. The summed E-state index contributed by atoms with van der Waals surface area (Å²) in [6, 6.07) is 5.08. The van der Waals surface area contributed by atoms with E-state index in [1.807, 2.05) is 6.07 Å². The van der Waals surface area contributed by atoms with Crippen molar-refractivity contribution in [1.29, 1.82) is 0 Å². The maximum Gasteiger partial charge on any atom is 0.253 e. The number of benzene rings is 1. The number of nitrogens with one attached hydrogen (secondary N) is 1. The molecule has 0 saturated heterocycles. The van der Waals surface area contributed by atoms with E-state index in [2.05, 4.69) is 43.1 Å². The van der Waals surface area contributed by atoms with Crippen LogP contribution in [0.1, 0.15) is 17.3 Å². The molecule has 0 heterocycles. The van der Waals surface area contributed by atoms with Crippen molar-refractivity contribution in [2.75, 3.05) is 0 Å². The van der Waals surface area contributed by atoms with Gasteiger partial charge in [0.05, 0.1) is 11.6 Å². The van der Waals surface area contributed by atoms with Gasteiger partial charge in [0.15, 0.2) is 0 Å².